The van der Waals surface area contributed by atoms with Crippen LogP contribution in [0, 0.1) is 23.7 Å². The molecule has 10 amide bonds. The number of unbranched alkanes of at least 4 members (excludes halogenated alkanes) is 3. The lowest BCUT2D eigenvalue weighted by Crippen LogP contribution is -2.62. The minimum Gasteiger partial charge on any atom is -0.391 e. The maximum absolute atomic E-state index is 14.9. The molecule has 89 heavy (non-hydrogen) atoms. The largest absolute Gasteiger partial charge is 0.391 e. The molecule has 0 unspecified atom stereocenters. The Labute approximate surface area is 526 Å². The zero-order valence-corrected chi connectivity index (χ0v) is 53.8. The number of nitrogens with one attached hydrogen (secondary N) is 9. The second-order valence-corrected chi connectivity index (χ2v) is 25.2. The summed E-state index contributed by atoms with van der Waals surface area (Å²) in [5.74, 6) is -7.29. The van der Waals surface area contributed by atoms with Gasteiger partial charge in [-0.1, -0.05) is 116 Å². The van der Waals surface area contributed by atoms with Gasteiger partial charge < -0.3 is 81.6 Å². The average molecular weight is 1250 g/mol. The van der Waals surface area contributed by atoms with Gasteiger partial charge in [0.1, 0.15) is 54.4 Å². The van der Waals surface area contributed by atoms with E-state index in [0.29, 0.717) is 57.1 Å². The van der Waals surface area contributed by atoms with Crippen LogP contribution in [-0.4, -0.2) is 151 Å². The summed E-state index contributed by atoms with van der Waals surface area (Å²) in [6.45, 7) is 12.9. The summed E-state index contributed by atoms with van der Waals surface area (Å²) in [6.07, 6.45) is 6.87. The Bertz CT molecular complexity index is 2580. The minimum absolute atomic E-state index is 0.00490. The van der Waals surface area contributed by atoms with Gasteiger partial charge in [0.15, 0.2) is 0 Å². The van der Waals surface area contributed by atoms with Crippen molar-refractivity contribution in [3.05, 3.63) is 48.0 Å². The molecule has 2 aromatic carbocycles. The highest BCUT2D eigenvalue weighted by molar-refractivity contribution is 5.99. The summed E-state index contributed by atoms with van der Waals surface area (Å²) in [5, 5.41) is 37.5. The number of fused-ring (bicyclic) bond motifs is 1. The van der Waals surface area contributed by atoms with Crippen molar-refractivity contribution in [2.45, 2.75) is 231 Å². The van der Waals surface area contributed by atoms with Crippen molar-refractivity contribution >= 4 is 69.8 Å². The van der Waals surface area contributed by atoms with Gasteiger partial charge in [-0.15, -0.1) is 0 Å². The number of rotatable bonds is 42. The van der Waals surface area contributed by atoms with E-state index in [4.69, 9.17) is 28.7 Å². The number of hydrogen-bond donors (Lipinski definition) is 15. The highest BCUT2D eigenvalue weighted by Crippen LogP contribution is 2.28. The van der Waals surface area contributed by atoms with Gasteiger partial charge in [-0.2, -0.15) is 0 Å². The monoisotopic (exact) mass is 1250 g/mol. The van der Waals surface area contributed by atoms with Crippen LogP contribution in [0.15, 0.2) is 42.5 Å². The summed E-state index contributed by atoms with van der Waals surface area (Å²) in [4.78, 5) is 140. The molecule has 20 N–H and O–H groups in total. The molecule has 2 aromatic rings. The maximum Gasteiger partial charge on any atom is 0.245 e. The average Bonchev–Trinajstić information content (AvgIpc) is 2.67. The van der Waals surface area contributed by atoms with E-state index in [9.17, 15) is 53.1 Å². The number of primary amides is 1. The van der Waals surface area contributed by atoms with Crippen molar-refractivity contribution in [3.8, 4) is 0 Å². The Morgan fingerprint density at radius 3 is 1.29 bits per heavy atom. The van der Waals surface area contributed by atoms with Gasteiger partial charge in [-0.25, -0.2) is 0 Å². The third kappa shape index (κ3) is 28.3. The van der Waals surface area contributed by atoms with Crippen LogP contribution in [0.3, 0.4) is 0 Å². The van der Waals surface area contributed by atoms with Crippen molar-refractivity contribution in [1.82, 2.24) is 47.9 Å². The molecule has 1 saturated carbocycles. The standard InChI is InChI=1S/C64H108N14O11/c1-38(2)31-49(56(69)81)74-61(86)51(33-40(5)6)77-64(89)55(41(7)79)78-59(84)48(25-15-18-30-67)73-63(88)53(36-43-26-27-44-21-11-12-22-45(44)34-43)76-58(83)47(24-14-17-29-66)71-57(82)46(23-13-16-28-65)72-60(85)50(32-39(3)4)75-62(87)52(70-54(80)37-68)35-42-19-9-8-10-20-42/h11-12,21-22,26-27,34,38-42,46-53,55,79H,8-10,13-20,23-25,28-33,35-37,65-68H2,1-7H3,(H2,69,81)(H,70,80)(H,71,82)(H,72,85)(H,73,88)(H,74,86)(H,75,87)(H,76,83)(H,77,89)(H,78,84)/t41-,46+,47+,48+,49+,50+,51+,52+,53+,55+/m1/s1. The number of amides is 10. The number of hydrogen-bond acceptors (Lipinski definition) is 15. The van der Waals surface area contributed by atoms with Crippen LogP contribution in [0.4, 0.5) is 0 Å². The first-order chi connectivity index (χ1) is 42.3. The molecule has 0 radical (unpaired) electrons. The number of nitrogens with two attached hydrogens (primary N) is 5. The maximum atomic E-state index is 14.9. The molecule has 25 nitrogen and oxygen atoms in total. The van der Waals surface area contributed by atoms with Crippen LogP contribution in [0.1, 0.15) is 170 Å². The fourth-order valence-electron chi connectivity index (χ4n) is 11.0. The molecule has 3 rings (SSSR count). The zero-order valence-electron chi connectivity index (χ0n) is 53.8. The van der Waals surface area contributed by atoms with E-state index >= 15 is 0 Å². The van der Waals surface area contributed by atoms with Crippen molar-refractivity contribution in [3.63, 3.8) is 0 Å². The quantitative estimate of drug-likeness (QED) is 0.0414. The normalized spacial score (nSPS) is 16.1. The summed E-state index contributed by atoms with van der Waals surface area (Å²) < 4.78 is 0. The van der Waals surface area contributed by atoms with Crippen LogP contribution >= 0.6 is 0 Å². The third-order valence-corrected chi connectivity index (χ3v) is 15.9. The van der Waals surface area contributed by atoms with E-state index in [1.807, 2.05) is 77.9 Å². The topological polar surface area (TPSA) is 429 Å². The lowest BCUT2D eigenvalue weighted by molar-refractivity contribution is -0.137. The van der Waals surface area contributed by atoms with E-state index in [1.54, 1.807) is 6.07 Å². The molecule has 1 aliphatic carbocycles. The summed E-state index contributed by atoms with van der Waals surface area (Å²) in [7, 11) is 0. The molecule has 1 fully saturated rings. The van der Waals surface area contributed by atoms with Crippen LogP contribution in [0.25, 0.3) is 10.8 Å². The molecule has 0 aliphatic heterocycles. The molecule has 10 atom stereocenters. The van der Waals surface area contributed by atoms with Crippen molar-refractivity contribution in [2.24, 2.45) is 52.3 Å². The van der Waals surface area contributed by atoms with Gasteiger partial charge in [0.2, 0.25) is 59.1 Å². The minimum atomic E-state index is -1.64. The molecular weight excluding hydrogens is 1140 g/mol. The molecule has 0 spiro atoms. The Balaban J connectivity index is 2.01. The van der Waals surface area contributed by atoms with E-state index < -0.39 is 120 Å². The first-order valence-electron chi connectivity index (χ1n) is 32.3. The molecule has 0 heterocycles. The highest BCUT2D eigenvalue weighted by atomic mass is 16.3. The Kier molecular flexibility index (Phi) is 35.0. The predicted molar refractivity (Wildman–Crippen MR) is 343 cm³/mol. The Hall–Kier alpha value is -6.80. The SMILES string of the molecule is CC(C)C[C@H](NC(=O)[C@H](CC(C)C)NC(=O)[C@@H](NC(=O)[C@H](CCCCN)NC(=O)[C@H](Cc1ccc2ccccc2c1)NC(=O)[C@H](CCCCN)NC(=O)[C@H](CCCCN)NC(=O)[C@H](CC(C)C)NC(=O)[C@H](CC1CCCCC1)NC(=O)CN)[C@@H](C)O)C(N)=O. The lowest BCUT2D eigenvalue weighted by Gasteiger charge is -2.30. The number of carbonyl (C=O) groups is 10. The smallest absolute Gasteiger partial charge is 0.245 e. The summed E-state index contributed by atoms with van der Waals surface area (Å²) in [5.41, 5.74) is 29.5. The first kappa shape index (κ1) is 76.4. The van der Waals surface area contributed by atoms with Crippen molar-refractivity contribution in [2.75, 3.05) is 26.2 Å². The predicted octanol–water partition coefficient (Wildman–Crippen LogP) is 1.07. The van der Waals surface area contributed by atoms with E-state index in [0.717, 1.165) is 42.9 Å². The van der Waals surface area contributed by atoms with Crippen molar-refractivity contribution in [1.29, 1.82) is 0 Å². The second kappa shape index (κ2) is 40.8. The van der Waals surface area contributed by atoms with Gasteiger partial charge in [0, 0.05) is 6.42 Å². The zero-order chi connectivity index (χ0) is 66.2. The van der Waals surface area contributed by atoms with E-state index in [-0.39, 0.29) is 88.3 Å². The van der Waals surface area contributed by atoms with Crippen LogP contribution in [0.2, 0.25) is 0 Å². The third-order valence-electron chi connectivity index (χ3n) is 15.9. The number of carbonyl (C=O) groups excluding carboxylic acids is 10. The highest BCUT2D eigenvalue weighted by Gasteiger charge is 2.37. The fraction of sp³-hybridized carbons (Fsp3) is 0.688. The van der Waals surface area contributed by atoms with Crippen molar-refractivity contribution < 1.29 is 53.1 Å². The van der Waals surface area contributed by atoms with Crippen LogP contribution < -0.4 is 76.5 Å². The first-order valence-corrected chi connectivity index (χ1v) is 32.3. The van der Waals surface area contributed by atoms with Crippen LogP contribution in [-0.2, 0) is 54.4 Å². The van der Waals surface area contributed by atoms with Crippen LogP contribution in [0.5, 0.6) is 0 Å². The number of aliphatic hydroxyl groups is 1. The Morgan fingerprint density at radius 2 is 0.843 bits per heavy atom. The lowest BCUT2D eigenvalue weighted by atomic mass is 9.84. The molecule has 0 bridgehead atoms. The molecule has 0 saturated heterocycles. The molecule has 25 heteroatoms. The fourth-order valence-corrected chi connectivity index (χ4v) is 11.0. The summed E-state index contributed by atoms with van der Waals surface area (Å²) >= 11 is 0. The molecule has 500 valence electrons. The van der Waals surface area contributed by atoms with Gasteiger partial charge in [0.25, 0.3) is 0 Å². The molecular formula is C64H108N14O11. The van der Waals surface area contributed by atoms with Gasteiger partial charge >= 0.3 is 0 Å². The van der Waals surface area contributed by atoms with E-state index in [2.05, 4.69) is 47.9 Å². The van der Waals surface area contributed by atoms with E-state index in [1.165, 1.54) is 6.92 Å². The molecule has 0 aromatic heterocycles. The van der Waals surface area contributed by atoms with Gasteiger partial charge in [0.05, 0.1) is 12.6 Å². The van der Waals surface area contributed by atoms with Gasteiger partial charge in [-0.05, 0) is 150 Å². The van der Waals surface area contributed by atoms with Gasteiger partial charge in [-0.3, -0.25) is 47.9 Å². The molecule has 1 aliphatic rings. The Morgan fingerprint density at radius 1 is 0.449 bits per heavy atom. The number of aliphatic hydroxyl groups excluding tert-OH is 1. The second-order valence-electron chi connectivity index (χ2n) is 25.2. The number of benzene rings is 2. The summed E-state index contributed by atoms with van der Waals surface area (Å²) in [6, 6.07) is 1.87.